The van der Waals surface area contributed by atoms with Gasteiger partial charge in [-0.2, -0.15) is 0 Å². The highest BCUT2D eigenvalue weighted by Crippen LogP contribution is 2.35. The zero-order valence-corrected chi connectivity index (χ0v) is 14.1. The summed E-state index contributed by atoms with van der Waals surface area (Å²) in [7, 11) is 1.75. The van der Waals surface area contributed by atoms with Crippen molar-refractivity contribution in [2.45, 2.75) is 45.1 Å². The molecule has 1 unspecified atom stereocenters. The maximum Gasteiger partial charge on any atom is 0.245 e. The molecule has 0 radical (unpaired) electrons. The third kappa shape index (κ3) is 3.41. The molecule has 0 bridgehead atoms. The lowest BCUT2D eigenvalue weighted by atomic mass is 9.83. The normalized spacial score (nSPS) is 27.7. The molecule has 124 valence electrons. The molecule has 2 atom stereocenters. The van der Waals surface area contributed by atoms with Crippen LogP contribution in [0.2, 0.25) is 0 Å². The Kier molecular flexibility index (Phi) is 4.42. The Morgan fingerprint density at radius 2 is 2.04 bits per heavy atom. The topological polar surface area (TPSA) is 40.6 Å². The summed E-state index contributed by atoms with van der Waals surface area (Å²) >= 11 is 0. The van der Waals surface area contributed by atoms with Gasteiger partial charge in [-0.3, -0.25) is 9.59 Å². The van der Waals surface area contributed by atoms with Crippen LogP contribution < -0.4 is 0 Å². The first-order valence-corrected chi connectivity index (χ1v) is 8.57. The van der Waals surface area contributed by atoms with Crippen LogP contribution in [0.15, 0.2) is 30.3 Å². The summed E-state index contributed by atoms with van der Waals surface area (Å²) < 4.78 is 0. The molecule has 4 nitrogen and oxygen atoms in total. The number of amides is 2. The number of benzene rings is 1. The average molecular weight is 314 g/mol. The van der Waals surface area contributed by atoms with Crippen LogP contribution in [-0.2, 0) is 16.0 Å². The summed E-state index contributed by atoms with van der Waals surface area (Å²) in [4.78, 5) is 27.9. The van der Waals surface area contributed by atoms with E-state index in [2.05, 4.69) is 31.2 Å². The van der Waals surface area contributed by atoms with Crippen LogP contribution in [-0.4, -0.2) is 47.8 Å². The fraction of sp³-hybridized carbons (Fsp3) is 0.579. The SMILES string of the molecule is CN1C(=O)CC[C@H]1C(=O)N1CCC(C)(CCc2ccccc2)C1. The lowest BCUT2D eigenvalue weighted by Gasteiger charge is -2.28. The number of carbonyl (C=O) groups excluding carboxylic acids is 2. The van der Waals surface area contributed by atoms with Crippen molar-refractivity contribution >= 4 is 11.8 Å². The molecule has 0 N–H and O–H groups in total. The largest absolute Gasteiger partial charge is 0.340 e. The molecule has 2 fully saturated rings. The van der Waals surface area contributed by atoms with Crippen molar-refractivity contribution in [2.24, 2.45) is 5.41 Å². The molecule has 0 spiro atoms. The van der Waals surface area contributed by atoms with Crippen molar-refractivity contribution in [1.82, 2.24) is 9.80 Å². The van der Waals surface area contributed by atoms with E-state index in [1.165, 1.54) is 5.56 Å². The molecule has 4 heteroatoms. The second-order valence-electron chi connectivity index (χ2n) is 7.37. The second-order valence-corrected chi connectivity index (χ2v) is 7.37. The minimum atomic E-state index is -0.237. The number of nitrogens with zero attached hydrogens (tertiary/aromatic N) is 2. The standard InChI is InChI=1S/C19H26N2O2/c1-19(11-10-15-6-4-3-5-7-15)12-13-21(14-19)18(23)16-8-9-17(22)20(16)2/h3-7,16H,8-14H2,1-2H3/t16-,19?/m0/s1. The summed E-state index contributed by atoms with van der Waals surface area (Å²) in [5.41, 5.74) is 1.55. The molecule has 1 aromatic rings. The molecular weight excluding hydrogens is 288 g/mol. The summed E-state index contributed by atoms with van der Waals surface area (Å²) in [6.07, 6.45) is 4.38. The molecule has 1 aromatic carbocycles. The Bertz CT molecular complexity index is 586. The quantitative estimate of drug-likeness (QED) is 0.856. The third-order valence-electron chi connectivity index (χ3n) is 5.51. The van der Waals surface area contributed by atoms with Crippen molar-refractivity contribution in [3.63, 3.8) is 0 Å². The molecule has 2 heterocycles. The minimum Gasteiger partial charge on any atom is -0.340 e. The molecule has 0 aromatic heterocycles. The van der Waals surface area contributed by atoms with E-state index in [4.69, 9.17) is 0 Å². The number of likely N-dealkylation sites (N-methyl/N-ethyl adjacent to an activating group) is 1. The fourth-order valence-electron chi connectivity index (χ4n) is 3.81. The van der Waals surface area contributed by atoms with E-state index in [9.17, 15) is 9.59 Å². The van der Waals surface area contributed by atoms with Gasteiger partial charge in [-0.1, -0.05) is 37.3 Å². The Morgan fingerprint density at radius 1 is 1.30 bits per heavy atom. The average Bonchev–Trinajstić information content (AvgIpc) is 3.11. The van der Waals surface area contributed by atoms with Crippen LogP contribution >= 0.6 is 0 Å². The first-order valence-electron chi connectivity index (χ1n) is 8.57. The van der Waals surface area contributed by atoms with Gasteiger partial charge in [-0.05, 0) is 36.7 Å². The highest BCUT2D eigenvalue weighted by atomic mass is 16.2. The molecule has 2 aliphatic rings. The van der Waals surface area contributed by atoms with Crippen molar-refractivity contribution in [1.29, 1.82) is 0 Å². The highest BCUT2D eigenvalue weighted by Gasteiger charge is 2.41. The van der Waals surface area contributed by atoms with Gasteiger partial charge in [0, 0.05) is 26.6 Å². The fourth-order valence-corrected chi connectivity index (χ4v) is 3.81. The van der Waals surface area contributed by atoms with Crippen molar-refractivity contribution < 1.29 is 9.59 Å². The summed E-state index contributed by atoms with van der Waals surface area (Å²) in [6.45, 7) is 3.92. The highest BCUT2D eigenvalue weighted by molar-refractivity contribution is 5.90. The zero-order valence-electron chi connectivity index (χ0n) is 14.1. The molecule has 3 rings (SSSR count). The number of likely N-dealkylation sites (tertiary alicyclic amines) is 2. The molecule has 2 aliphatic heterocycles. The maximum absolute atomic E-state index is 12.7. The van der Waals surface area contributed by atoms with Crippen LogP contribution in [0.25, 0.3) is 0 Å². The zero-order chi connectivity index (χ0) is 16.4. The van der Waals surface area contributed by atoms with E-state index in [1.807, 2.05) is 11.0 Å². The number of rotatable bonds is 4. The van der Waals surface area contributed by atoms with E-state index < -0.39 is 0 Å². The molecule has 2 amide bonds. The Balaban J connectivity index is 1.57. The van der Waals surface area contributed by atoms with Gasteiger partial charge in [-0.25, -0.2) is 0 Å². The number of carbonyl (C=O) groups is 2. The molecule has 2 saturated heterocycles. The van der Waals surface area contributed by atoms with Crippen LogP contribution in [0.4, 0.5) is 0 Å². The van der Waals surface area contributed by atoms with E-state index in [0.717, 1.165) is 32.4 Å². The van der Waals surface area contributed by atoms with Gasteiger partial charge in [0.15, 0.2) is 0 Å². The van der Waals surface area contributed by atoms with Crippen LogP contribution in [0.3, 0.4) is 0 Å². The van der Waals surface area contributed by atoms with E-state index >= 15 is 0 Å². The Hall–Kier alpha value is -1.84. The molecular formula is C19H26N2O2. The van der Waals surface area contributed by atoms with Gasteiger partial charge in [0.1, 0.15) is 6.04 Å². The van der Waals surface area contributed by atoms with Crippen LogP contribution in [0.1, 0.15) is 38.2 Å². The minimum absolute atomic E-state index is 0.0920. The Morgan fingerprint density at radius 3 is 2.70 bits per heavy atom. The first-order chi connectivity index (χ1) is 11.0. The van der Waals surface area contributed by atoms with E-state index in [0.29, 0.717) is 12.8 Å². The van der Waals surface area contributed by atoms with E-state index in [-0.39, 0.29) is 23.3 Å². The van der Waals surface area contributed by atoms with Crippen LogP contribution in [0.5, 0.6) is 0 Å². The Labute approximate surface area is 138 Å². The smallest absolute Gasteiger partial charge is 0.245 e. The van der Waals surface area contributed by atoms with Gasteiger partial charge in [0.2, 0.25) is 11.8 Å². The van der Waals surface area contributed by atoms with Crippen molar-refractivity contribution in [3.8, 4) is 0 Å². The number of hydrogen-bond donors (Lipinski definition) is 0. The summed E-state index contributed by atoms with van der Waals surface area (Å²) in [6, 6.07) is 10.3. The molecule has 23 heavy (non-hydrogen) atoms. The number of aryl methyl sites for hydroxylation is 1. The second kappa shape index (κ2) is 6.34. The monoisotopic (exact) mass is 314 g/mol. The van der Waals surface area contributed by atoms with Crippen LogP contribution in [0, 0.1) is 5.41 Å². The van der Waals surface area contributed by atoms with Gasteiger partial charge in [0.25, 0.3) is 0 Å². The predicted octanol–water partition coefficient (Wildman–Crippen LogP) is 2.48. The lowest BCUT2D eigenvalue weighted by Crippen LogP contribution is -2.44. The number of hydrogen-bond acceptors (Lipinski definition) is 2. The van der Waals surface area contributed by atoms with Crippen molar-refractivity contribution in [2.75, 3.05) is 20.1 Å². The first kappa shape index (κ1) is 16.0. The van der Waals surface area contributed by atoms with Gasteiger partial charge in [0.05, 0.1) is 0 Å². The van der Waals surface area contributed by atoms with Gasteiger partial charge >= 0.3 is 0 Å². The van der Waals surface area contributed by atoms with E-state index in [1.54, 1.807) is 11.9 Å². The molecule has 0 saturated carbocycles. The predicted molar refractivity (Wildman–Crippen MR) is 89.9 cm³/mol. The van der Waals surface area contributed by atoms with Gasteiger partial charge in [-0.15, -0.1) is 0 Å². The summed E-state index contributed by atoms with van der Waals surface area (Å²) in [5, 5.41) is 0. The van der Waals surface area contributed by atoms with Crippen molar-refractivity contribution in [3.05, 3.63) is 35.9 Å². The lowest BCUT2D eigenvalue weighted by molar-refractivity contribution is -0.139. The third-order valence-corrected chi connectivity index (χ3v) is 5.51. The summed E-state index contributed by atoms with van der Waals surface area (Å²) in [5.74, 6) is 0.233. The molecule has 0 aliphatic carbocycles. The maximum atomic E-state index is 12.7. The van der Waals surface area contributed by atoms with Gasteiger partial charge < -0.3 is 9.80 Å².